The molecule has 19 heavy (non-hydrogen) atoms. The summed E-state index contributed by atoms with van der Waals surface area (Å²) in [4.78, 5) is 13.9. The summed E-state index contributed by atoms with van der Waals surface area (Å²) in [6.45, 7) is 13.1. The molecule has 106 valence electrons. The largest absolute Gasteiger partial charge is 0.402 e. The summed E-state index contributed by atoms with van der Waals surface area (Å²) in [5.41, 5.74) is 6.85. The molecule has 0 aromatic carbocycles. The van der Waals surface area contributed by atoms with Gasteiger partial charge in [-0.05, 0) is 38.1 Å². The Kier molecular flexibility index (Phi) is 9.18. The van der Waals surface area contributed by atoms with Gasteiger partial charge < -0.3 is 11.1 Å². The van der Waals surface area contributed by atoms with Crippen LogP contribution in [0.5, 0.6) is 0 Å². The maximum Gasteiger partial charge on any atom is 0.238 e. The monoisotopic (exact) mass is 263 g/mol. The third-order valence-electron chi connectivity index (χ3n) is 2.32. The van der Waals surface area contributed by atoms with Crippen molar-refractivity contribution in [1.29, 1.82) is 0 Å². The molecule has 1 amide bonds. The summed E-state index contributed by atoms with van der Waals surface area (Å²) in [5, 5.41) is 2.80. The number of hydrogen-bond acceptors (Lipinski definition) is 3. The second kappa shape index (κ2) is 10.1. The Balaban J connectivity index is 4.48. The molecular formula is C15H25N3O. The average Bonchev–Trinajstić information content (AvgIpc) is 2.34. The van der Waals surface area contributed by atoms with E-state index in [0.717, 1.165) is 13.0 Å². The molecule has 0 saturated carbocycles. The average molecular weight is 263 g/mol. The quantitative estimate of drug-likeness (QED) is 0.493. The van der Waals surface area contributed by atoms with Crippen molar-refractivity contribution in [3.63, 3.8) is 0 Å². The highest BCUT2D eigenvalue weighted by atomic mass is 16.2. The Morgan fingerprint density at radius 2 is 2.05 bits per heavy atom. The van der Waals surface area contributed by atoms with Crippen LogP contribution < -0.4 is 11.1 Å². The number of allylic oxidation sites excluding steroid dienone is 4. The van der Waals surface area contributed by atoms with Gasteiger partial charge in [0.15, 0.2) is 0 Å². The van der Waals surface area contributed by atoms with Crippen LogP contribution in [0.3, 0.4) is 0 Å². The van der Waals surface area contributed by atoms with E-state index < -0.39 is 0 Å². The lowest BCUT2D eigenvalue weighted by Gasteiger charge is -2.19. The summed E-state index contributed by atoms with van der Waals surface area (Å²) < 4.78 is 0. The van der Waals surface area contributed by atoms with Crippen molar-refractivity contribution in [2.24, 2.45) is 5.73 Å². The summed E-state index contributed by atoms with van der Waals surface area (Å²) in [5.74, 6) is -0.0653. The van der Waals surface area contributed by atoms with Gasteiger partial charge in [-0.25, -0.2) is 0 Å². The molecule has 0 atom stereocenters. The molecule has 0 aliphatic heterocycles. The summed E-state index contributed by atoms with van der Waals surface area (Å²) in [7, 11) is 0. The van der Waals surface area contributed by atoms with Crippen molar-refractivity contribution in [3.8, 4) is 0 Å². The van der Waals surface area contributed by atoms with Crippen molar-refractivity contribution < 1.29 is 4.79 Å². The van der Waals surface area contributed by atoms with Gasteiger partial charge in [0.1, 0.15) is 0 Å². The lowest BCUT2D eigenvalue weighted by Crippen LogP contribution is -2.37. The molecule has 4 nitrogen and oxygen atoms in total. The number of carbonyl (C=O) groups is 1. The van der Waals surface area contributed by atoms with Crippen molar-refractivity contribution >= 4 is 5.91 Å². The van der Waals surface area contributed by atoms with Crippen LogP contribution in [0.25, 0.3) is 0 Å². The molecule has 3 N–H and O–H groups in total. The van der Waals surface area contributed by atoms with E-state index in [0.29, 0.717) is 24.5 Å². The Morgan fingerprint density at radius 1 is 1.37 bits per heavy atom. The van der Waals surface area contributed by atoms with Gasteiger partial charge in [-0.1, -0.05) is 19.6 Å². The first-order valence-electron chi connectivity index (χ1n) is 6.43. The second-order valence-corrected chi connectivity index (χ2v) is 4.31. The summed E-state index contributed by atoms with van der Waals surface area (Å²) in [6, 6.07) is 0. The molecule has 0 aromatic rings. The zero-order chi connectivity index (χ0) is 14.7. The Hall–Kier alpha value is -1.81. The number of nitrogens with one attached hydrogen (secondary N) is 1. The van der Waals surface area contributed by atoms with Crippen LogP contribution in [0.15, 0.2) is 48.9 Å². The molecule has 0 radical (unpaired) electrons. The van der Waals surface area contributed by atoms with Gasteiger partial charge in [-0.2, -0.15) is 0 Å². The van der Waals surface area contributed by atoms with Crippen LogP contribution >= 0.6 is 0 Å². The van der Waals surface area contributed by atoms with E-state index in [4.69, 9.17) is 5.73 Å². The van der Waals surface area contributed by atoms with Crippen LogP contribution in [0.2, 0.25) is 0 Å². The van der Waals surface area contributed by atoms with E-state index in [1.54, 1.807) is 31.2 Å². The van der Waals surface area contributed by atoms with Gasteiger partial charge in [0.2, 0.25) is 5.91 Å². The molecule has 0 bridgehead atoms. The molecule has 4 heteroatoms. The minimum absolute atomic E-state index is 0.0653. The van der Waals surface area contributed by atoms with E-state index in [1.165, 1.54) is 0 Å². The zero-order valence-electron chi connectivity index (χ0n) is 12.0. The van der Waals surface area contributed by atoms with Crippen LogP contribution in [-0.2, 0) is 4.79 Å². The minimum Gasteiger partial charge on any atom is -0.402 e. The molecule has 0 heterocycles. The highest BCUT2D eigenvalue weighted by molar-refractivity contribution is 5.80. The van der Waals surface area contributed by atoms with Gasteiger partial charge in [-0.3, -0.25) is 9.69 Å². The Morgan fingerprint density at radius 3 is 2.53 bits per heavy atom. The number of rotatable bonds is 9. The number of hydrogen-bond donors (Lipinski definition) is 2. The maximum atomic E-state index is 11.9. The molecule has 0 saturated heterocycles. The summed E-state index contributed by atoms with van der Waals surface area (Å²) >= 11 is 0. The van der Waals surface area contributed by atoms with Gasteiger partial charge in [-0.15, -0.1) is 6.58 Å². The number of nitrogens with two attached hydrogens (primary N) is 1. The highest BCUT2D eigenvalue weighted by Gasteiger charge is 2.08. The highest BCUT2D eigenvalue weighted by Crippen LogP contribution is 1.96. The lowest BCUT2D eigenvalue weighted by molar-refractivity contribution is -0.121. The number of carbonyl (C=O) groups excluding carboxylic acids is 1. The molecule has 0 rings (SSSR count). The molecular weight excluding hydrogens is 238 g/mol. The van der Waals surface area contributed by atoms with E-state index >= 15 is 0 Å². The molecule has 0 spiro atoms. The fraction of sp³-hybridized carbons (Fsp3) is 0.400. The van der Waals surface area contributed by atoms with E-state index in [1.807, 2.05) is 4.90 Å². The molecule has 0 aromatic heterocycles. The Bertz CT molecular complexity index is 366. The fourth-order valence-electron chi connectivity index (χ4n) is 1.52. The standard InChI is InChI=1S/C15H25N3O/c1-5-10-18(11-6-2)12-15(19)17-14(7-3)9-8-13(4)16/h5,7-9H,1,3,6,10-12,16H2,2,4H3,(H,17,19)/b13-8+,14-9+. The minimum atomic E-state index is -0.0653. The van der Waals surface area contributed by atoms with Gasteiger partial charge in [0.25, 0.3) is 0 Å². The topological polar surface area (TPSA) is 58.4 Å². The zero-order valence-corrected chi connectivity index (χ0v) is 12.0. The maximum absolute atomic E-state index is 11.9. The Labute approximate surface area is 116 Å². The first-order chi connectivity index (χ1) is 9.03. The van der Waals surface area contributed by atoms with Gasteiger partial charge in [0, 0.05) is 17.9 Å². The van der Waals surface area contributed by atoms with Gasteiger partial charge in [0.05, 0.1) is 6.54 Å². The second-order valence-electron chi connectivity index (χ2n) is 4.31. The lowest BCUT2D eigenvalue weighted by atomic mass is 10.3. The fourth-order valence-corrected chi connectivity index (χ4v) is 1.52. The third kappa shape index (κ3) is 8.85. The van der Waals surface area contributed by atoms with Gasteiger partial charge >= 0.3 is 0 Å². The first-order valence-corrected chi connectivity index (χ1v) is 6.43. The van der Waals surface area contributed by atoms with E-state index in [9.17, 15) is 4.79 Å². The first kappa shape index (κ1) is 17.2. The van der Waals surface area contributed by atoms with Crippen molar-refractivity contribution in [1.82, 2.24) is 10.2 Å². The van der Waals surface area contributed by atoms with E-state index in [2.05, 4.69) is 25.4 Å². The van der Waals surface area contributed by atoms with Crippen LogP contribution in [0.4, 0.5) is 0 Å². The van der Waals surface area contributed by atoms with Crippen molar-refractivity contribution in [2.45, 2.75) is 20.3 Å². The van der Waals surface area contributed by atoms with Crippen LogP contribution in [-0.4, -0.2) is 30.4 Å². The van der Waals surface area contributed by atoms with E-state index in [-0.39, 0.29) is 5.91 Å². The smallest absolute Gasteiger partial charge is 0.238 e. The molecule has 0 unspecified atom stereocenters. The number of nitrogens with zero attached hydrogens (tertiary/aromatic N) is 1. The SMILES string of the molecule is C=CCN(CCC)CC(=O)N/C(C=C)=C/C=C(\C)N. The normalized spacial score (nSPS) is 12.4. The van der Waals surface area contributed by atoms with Crippen LogP contribution in [0.1, 0.15) is 20.3 Å². The third-order valence-corrected chi connectivity index (χ3v) is 2.32. The molecule has 0 fully saturated rings. The van der Waals surface area contributed by atoms with Crippen molar-refractivity contribution in [2.75, 3.05) is 19.6 Å². The van der Waals surface area contributed by atoms with Crippen molar-refractivity contribution in [3.05, 3.63) is 48.9 Å². The molecule has 0 aliphatic rings. The molecule has 0 aliphatic carbocycles. The predicted molar refractivity (Wildman–Crippen MR) is 81.3 cm³/mol. The summed E-state index contributed by atoms with van der Waals surface area (Å²) in [6.07, 6.45) is 7.85. The number of amides is 1. The predicted octanol–water partition coefficient (Wildman–Crippen LogP) is 1.93. The van der Waals surface area contributed by atoms with Crippen LogP contribution in [0, 0.1) is 0 Å².